The van der Waals surface area contributed by atoms with Gasteiger partial charge in [-0.05, 0) is 49.4 Å². The van der Waals surface area contributed by atoms with Crippen LogP contribution in [0.4, 0.5) is 10.1 Å². The molecular formula is C18H15ClFN3O2S. The maximum Gasteiger partial charge on any atom is 0.262 e. The molecule has 1 aliphatic rings. The minimum absolute atomic E-state index is 0.103. The Labute approximate surface area is 157 Å². The number of carbonyl (C=O) groups excluding carboxylic acids is 1. The van der Waals surface area contributed by atoms with Crippen LogP contribution in [0.2, 0.25) is 5.02 Å². The molecule has 1 N–H and O–H groups in total. The first-order chi connectivity index (χ1) is 12.5. The number of nitrogens with one attached hydrogen (secondary N) is 1. The van der Waals surface area contributed by atoms with Crippen LogP contribution in [-0.4, -0.2) is 15.5 Å². The highest BCUT2D eigenvalue weighted by Crippen LogP contribution is 2.33. The Balaban J connectivity index is 1.61. The topological polar surface area (TPSA) is 64.0 Å². The van der Waals surface area contributed by atoms with Gasteiger partial charge in [-0.3, -0.25) is 14.2 Å². The zero-order chi connectivity index (χ0) is 18.3. The van der Waals surface area contributed by atoms with Crippen LogP contribution in [0.5, 0.6) is 0 Å². The molecule has 0 fully saturated rings. The highest BCUT2D eigenvalue weighted by Gasteiger charge is 2.20. The molecule has 1 aliphatic carbocycles. The number of thiophene rings is 1. The number of aromatic nitrogens is 2. The summed E-state index contributed by atoms with van der Waals surface area (Å²) in [6, 6.07) is 3.71. The maximum atomic E-state index is 13.1. The molecule has 3 aromatic rings. The highest BCUT2D eigenvalue weighted by atomic mass is 35.5. The fourth-order valence-electron chi connectivity index (χ4n) is 3.23. The van der Waals surface area contributed by atoms with Crippen LogP contribution < -0.4 is 10.9 Å². The summed E-state index contributed by atoms with van der Waals surface area (Å²) in [5.74, 6) is -0.910. The van der Waals surface area contributed by atoms with Gasteiger partial charge >= 0.3 is 0 Å². The smallest absolute Gasteiger partial charge is 0.262 e. The average Bonchev–Trinajstić information content (AvgIpc) is 2.99. The van der Waals surface area contributed by atoms with Gasteiger partial charge in [0.05, 0.1) is 22.4 Å². The Bertz CT molecular complexity index is 1080. The quantitative estimate of drug-likeness (QED) is 0.739. The van der Waals surface area contributed by atoms with Crippen molar-refractivity contribution in [3.05, 3.63) is 56.2 Å². The lowest BCUT2D eigenvalue weighted by molar-refractivity contribution is -0.116. The summed E-state index contributed by atoms with van der Waals surface area (Å²) in [4.78, 5) is 31.5. The summed E-state index contributed by atoms with van der Waals surface area (Å²) in [5.41, 5.74) is 1.19. The minimum Gasteiger partial charge on any atom is -0.323 e. The van der Waals surface area contributed by atoms with E-state index in [4.69, 9.17) is 11.6 Å². The van der Waals surface area contributed by atoms with E-state index in [-0.39, 0.29) is 17.1 Å². The second-order valence-corrected chi connectivity index (χ2v) is 7.73. The molecule has 134 valence electrons. The predicted octanol–water partition coefficient (Wildman–Crippen LogP) is 3.77. The van der Waals surface area contributed by atoms with Crippen LogP contribution in [0.25, 0.3) is 10.2 Å². The van der Waals surface area contributed by atoms with Crippen molar-refractivity contribution in [3.8, 4) is 0 Å². The van der Waals surface area contributed by atoms with Crippen molar-refractivity contribution in [2.45, 2.75) is 32.2 Å². The Morgan fingerprint density at radius 1 is 1.35 bits per heavy atom. The molecule has 4 rings (SSSR count). The molecule has 0 bridgehead atoms. The number of carbonyl (C=O) groups is 1. The van der Waals surface area contributed by atoms with Gasteiger partial charge in [-0.1, -0.05) is 11.6 Å². The maximum absolute atomic E-state index is 13.1. The number of anilines is 1. The molecule has 0 unspecified atom stereocenters. The molecule has 2 heterocycles. The number of aryl methyl sites for hydroxylation is 2. The van der Waals surface area contributed by atoms with Crippen molar-refractivity contribution in [1.82, 2.24) is 9.55 Å². The number of amides is 1. The van der Waals surface area contributed by atoms with Crippen LogP contribution in [0.15, 0.2) is 29.3 Å². The molecular weight excluding hydrogens is 377 g/mol. The number of halogens is 2. The molecule has 0 atom stereocenters. The van der Waals surface area contributed by atoms with E-state index in [9.17, 15) is 14.0 Å². The van der Waals surface area contributed by atoms with Crippen molar-refractivity contribution >= 4 is 44.7 Å². The van der Waals surface area contributed by atoms with E-state index < -0.39 is 11.7 Å². The lowest BCUT2D eigenvalue weighted by Crippen LogP contribution is -2.28. The van der Waals surface area contributed by atoms with Gasteiger partial charge in [0.2, 0.25) is 5.91 Å². The standard InChI is InChI=1S/C18H15ClFN3O2S/c19-12-7-10(20)5-6-13(12)22-15(24)8-23-9-21-17-16(18(23)25)11-3-1-2-4-14(11)26-17/h5-7,9H,1-4,8H2,(H,22,24). The summed E-state index contributed by atoms with van der Waals surface area (Å²) >= 11 is 7.49. The zero-order valence-corrected chi connectivity index (χ0v) is 15.3. The first-order valence-electron chi connectivity index (χ1n) is 8.27. The van der Waals surface area contributed by atoms with E-state index in [1.54, 1.807) is 11.3 Å². The van der Waals surface area contributed by atoms with E-state index in [1.165, 1.54) is 27.9 Å². The first-order valence-corrected chi connectivity index (χ1v) is 9.47. The molecule has 2 aromatic heterocycles. The van der Waals surface area contributed by atoms with Gasteiger partial charge in [0.25, 0.3) is 5.56 Å². The van der Waals surface area contributed by atoms with Crippen LogP contribution in [0.1, 0.15) is 23.3 Å². The van der Waals surface area contributed by atoms with Crippen molar-refractivity contribution in [1.29, 1.82) is 0 Å². The molecule has 0 spiro atoms. The highest BCUT2D eigenvalue weighted by molar-refractivity contribution is 7.18. The van der Waals surface area contributed by atoms with Gasteiger partial charge in [-0.25, -0.2) is 9.37 Å². The third-order valence-corrected chi connectivity index (χ3v) is 5.97. The molecule has 26 heavy (non-hydrogen) atoms. The second-order valence-electron chi connectivity index (χ2n) is 6.24. The van der Waals surface area contributed by atoms with Crippen LogP contribution >= 0.6 is 22.9 Å². The lowest BCUT2D eigenvalue weighted by Gasteiger charge is -2.11. The van der Waals surface area contributed by atoms with Crippen molar-refractivity contribution in [3.63, 3.8) is 0 Å². The number of hydrogen-bond acceptors (Lipinski definition) is 4. The molecule has 0 saturated carbocycles. The Kier molecular flexibility index (Phi) is 4.50. The van der Waals surface area contributed by atoms with E-state index >= 15 is 0 Å². The van der Waals surface area contributed by atoms with Gasteiger partial charge in [0, 0.05) is 4.88 Å². The summed E-state index contributed by atoms with van der Waals surface area (Å²) in [6.45, 7) is -0.180. The number of benzene rings is 1. The second kappa shape index (κ2) is 6.81. The number of rotatable bonds is 3. The fourth-order valence-corrected chi connectivity index (χ4v) is 4.66. The molecule has 0 radical (unpaired) electrons. The number of fused-ring (bicyclic) bond motifs is 3. The SMILES string of the molecule is O=C(Cn1cnc2sc3c(c2c1=O)CCCC3)Nc1ccc(F)cc1Cl. The van der Waals surface area contributed by atoms with Crippen molar-refractivity contribution in [2.75, 3.05) is 5.32 Å². The Hall–Kier alpha value is -2.25. The van der Waals surface area contributed by atoms with Gasteiger partial charge in [-0.15, -0.1) is 11.3 Å². The summed E-state index contributed by atoms with van der Waals surface area (Å²) in [5, 5.41) is 3.34. The largest absolute Gasteiger partial charge is 0.323 e. The Morgan fingerprint density at radius 2 is 2.15 bits per heavy atom. The summed E-state index contributed by atoms with van der Waals surface area (Å²) in [6.07, 6.45) is 5.47. The van der Waals surface area contributed by atoms with Crippen molar-refractivity contribution < 1.29 is 9.18 Å². The van der Waals surface area contributed by atoms with Crippen LogP contribution in [0.3, 0.4) is 0 Å². The van der Waals surface area contributed by atoms with E-state index in [2.05, 4.69) is 10.3 Å². The molecule has 0 saturated heterocycles. The van der Waals surface area contributed by atoms with Crippen LogP contribution in [0, 0.1) is 5.82 Å². The summed E-state index contributed by atoms with van der Waals surface area (Å²) < 4.78 is 14.4. The van der Waals surface area contributed by atoms with Crippen LogP contribution in [-0.2, 0) is 24.2 Å². The van der Waals surface area contributed by atoms with Gasteiger partial charge in [-0.2, -0.15) is 0 Å². The molecule has 1 amide bonds. The number of hydrogen-bond donors (Lipinski definition) is 1. The number of nitrogens with zero attached hydrogens (tertiary/aromatic N) is 2. The zero-order valence-electron chi connectivity index (χ0n) is 13.7. The molecule has 5 nitrogen and oxygen atoms in total. The fraction of sp³-hybridized carbons (Fsp3) is 0.278. The molecule has 0 aliphatic heterocycles. The van der Waals surface area contributed by atoms with E-state index in [1.807, 2.05) is 0 Å². The predicted molar refractivity (Wildman–Crippen MR) is 101 cm³/mol. The van der Waals surface area contributed by atoms with E-state index in [0.717, 1.165) is 42.1 Å². The lowest BCUT2D eigenvalue weighted by atomic mass is 9.97. The Morgan fingerprint density at radius 3 is 2.96 bits per heavy atom. The van der Waals surface area contributed by atoms with Gasteiger partial charge in [0.15, 0.2) is 0 Å². The normalized spacial score (nSPS) is 13.6. The monoisotopic (exact) mass is 391 g/mol. The van der Waals surface area contributed by atoms with Gasteiger partial charge < -0.3 is 5.32 Å². The average molecular weight is 392 g/mol. The third kappa shape index (κ3) is 3.12. The van der Waals surface area contributed by atoms with E-state index in [0.29, 0.717) is 11.1 Å². The summed E-state index contributed by atoms with van der Waals surface area (Å²) in [7, 11) is 0. The third-order valence-electron chi connectivity index (χ3n) is 4.46. The van der Waals surface area contributed by atoms with Gasteiger partial charge in [0.1, 0.15) is 17.2 Å². The molecule has 8 heteroatoms. The van der Waals surface area contributed by atoms with Crippen molar-refractivity contribution in [2.24, 2.45) is 0 Å². The first kappa shape index (κ1) is 17.2. The minimum atomic E-state index is -0.485. The molecule has 1 aromatic carbocycles.